The zero-order valence-corrected chi connectivity index (χ0v) is 10.4. The fraction of sp³-hybridized carbons (Fsp3) is 0.429. The third-order valence-electron chi connectivity index (χ3n) is 3.52. The molecule has 0 aliphatic heterocycles. The van der Waals surface area contributed by atoms with Gasteiger partial charge in [0, 0.05) is 31.4 Å². The van der Waals surface area contributed by atoms with Gasteiger partial charge in [-0.05, 0) is 30.9 Å². The van der Waals surface area contributed by atoms with Gasteiger partial charge in [-0.2, -0.15) is 0 Å². The van der Waals surface area contributed by atoms with Crippen molar-refractivity contribution in [3.8, 4) is 0 Å². The van der Waals surface area contributed by atoms with E-state index >= 15 is 0 Å². The fourth-order valence-corrected chi connectivity index (χ4v) is 2.61. The maximum Gasteiger partial charge on any atom is 0.0923 e. The molecule has 0 fully saturated rings. The van der Waals surface area contributed by atoms with E-state index in [0.29, 0.717) is 6.04 Å². The molecule has 4 heteroatoms. The van der Waals surface area contributed by atoms with Crippen LogP contribution in [-0.4, -0.2) is 21.5 Å². The van der Waals surface area contributed by atoms with E-state index < -0.39 is 0 Å². The molecular weight excluding hydrogens is 224 g/mol. The summed E-state index contributed by atoms with van der Waals surface area (Å²) in [6.07, 6.45) is 10.1. The van der Waals surface area contributed by atoms with Crippen LogP contribution in [0.3, 0.4) is 0 Å². The summed E-state index contributed by atoms with van der Waals surface area (Å²) >= 11 is 0. The number of imidazole rings is 1. The number of nitrogens with zero attached hydrogens (tertiary/aromatic N) is 2. The lowest BCUT2D eigenvalue weighted by atomic mass is 9.92. The normalized spacial score (nSPS) is 18.6. The van der Waals surface area contributed by atoms with Crippen LogP contribution in [0.5, 0.6) is 0 Å². The minimum absolute atomic E-state index is 0.411. The van der Waals surface area contributed by atoms with Crippen LogP contribution in [0.1, 0.15) is 35.8 Å². The van der Waals surface area contributed by atoms with E-state index in [0.717, 1.165) is 18.7 Å². The summed E-state index contributed by atoms with van der Waals surface area (Å²) in [5.74, 6) is 0. The van der Waals surface area contributed by atoms with Crippen LogP contribution in [0, 0.1) is 0 Å². The number of H-pyrrole nitrogens is 1. The fourth-order valence-electron chi connectivity index (χ4n) is 2.61. The first-order chi connectivity index (χ1) is 8.93. The predicted molar refractivity (Wildman–Crippen MR) is 70.2 cm³/mol. The van der Waals surface area contributed by atoms with Gasteiger partial charge in [-0.25, -0.2) is 4.98 Å². The molecule has 2 heterocycles. The molecule has 1 aliphatic carbocycles. The third kappa shape index (κ3) is 2.43. The van der Waals surface area contributed by atoms with Gasteiger partial charge < -0.3 is 10.3 Å². The highest BCUT2D eigenvalue weighted by atomic mass is 14.9. The second-order valence-corrected chi connectivity index (χ2v) is 4.76. The number of pyridine rings is 1. The van der Waals surface area contributed by atoms with Crippen molar-refractivity contribution < 1.29 is 0 Å². The van der Waals surface area contributed by atoms with Crippen LogP contribution in [0.4, 0.5) is 0 Å². The largest absolute Gasteiger partial charge is 0.351 e. The number of aromatic nitrogens is 3. The molecule has 2 N–H and O–H groups in total. The molecule has 0 amide bonds. The molecule has 0 bridgehead atoms. The van der Waals surface area contributed by atoms with Crippen molar-refractivity contribution in [2.45, 2.75) is 31.7 Å². The predicted octanol–water partition coefficient (Wildman–Crippen LogP) is 2.01. The number of aromatic amines is 1. The van der Waals surface area contributed by atoms with Gasteiger partial charge in [-0.3, -0.25) is 4.98 Å². The molecule has 4 nitrogen and oxygen atoms in total. The number of rotatable bonds is 4. The molecule has 1 unspecified atom stereocenters. The highest BCUT2D eigenvalue weighted by Gasteiger charge is 2.20. The van der Waals surface area contributed by atoms with E-state index in [1.54, 1.807) is 6.33 Å². The van der Waals surface area contributed by atoms with Crippen LogP contribution in [0.25, 0.3) is 0 Å². The lowest BCUT2D eigenvalue weighted by Crippen LogP contribution is -2.28. The first-order valence-corrected chi connectivity index (χ1v) is 6.58. The van der Waals surface area contributed by atoms with Crippen LogP contribution in [-0.2, 0) is 12.8 Å². The second-order valence-electron chi connectivity index (χ2n) is 4.76. The maximum absolute atomic E-state index is 4.53. The summed E-state index contributed by atoms with van der Waals surface area (Å²) in [6.45, 7) is 0.950. The van der Waals surface area contributed by atoms with Gasteiger partial charge in [0.25, 0.3) is 0 Å². The lowest BCUT2D eigenvalue weighted by Gasteiger charge is -2.25. The molecule has 0 aromatic carbocycles. The Bertz CT molecular complexity index is 492. The summed E-state index contributed by atoms with van der Waals surface area (Å²) in [5.41, 5.74) is 3.76. The molecule has 1 aliphatic rings. The minimum atomic E-state index is 0.411. The quantitative estimate of drug-likeness (QED) is 0.862. The van der Waals surface area contributed by atoms with Gasteiger partial charge in [0.1, 0.15) is 0 Å². The van der Waals surface area contributed by atoms with E-state index in [4.69, 9.17) is 0 Å². The van der Waals surface area contributed by atoms with Crippen molar-refractivity contribution in [1.29, 1.82) is 0 Å². The van der Waals surface area contributed by atoms with Gasteiger partial charge in [0.2, 0.25) is 0 Å². The Hall–Kier alpha value is -1.68. The third-order valence-corrected chi connectivity index (χ3v) is 3.52. The van der Waals surface area contributed by atoms with Crippen molar-refractivity contribution in [2.75, 3.05) is 6.54 Å². The molecule has 0 saturated carbocycles. The molecule has 18 heavy (non-hydrogen) atoms. The van der Waals surface area contributed by atoms with Gasteiger partial charge >= 0.3 is 0 Å². The van der Waals surface area contributed by atoms with Crippen molar-refractivity contribution in [3.63, 3.8) is 0 Å². The smallest absolute Gasteiger partial charge is 0.0923 e. The summed E-state index contributed by atoms with van der Waals surface area (Å²) < 4.78 is 0. The Morgan fingerprint density at radius 2 is 2.39 bits per heavy atom. The Labute approximate surface area is 107 Å². The summed E-state index contributed by atoms with van der Waals surface area (Å²) in [6, 6.07) is 4.64. The average molecular weight is 242 g/mol. The molecule has 3 rings (SSSR count). The van der Waals surface area contributed by atoms with Crippen molar-refractivity contribution in [1.82, 2.24) is 20.3 Å². The topological polar surface area (TPSA) is 53.6 Å². The van der Waals surface area contributed by atoms with Crippen molar-refractivity contribution in [3.05, 3.63) is 47.8 Å². The first-order valence-electron chi connectivity index (χ1n) is 6.58. The number of nitrogens with one attached hydrogen (secondary N) is 2. The van der Waals surface area contributed by atoms with E-state index in [1.807, 2.05) is 18.5 Å². The van der Waals surface area contributed by atoms with Gasteiger partial charge in [0.05, 0.1) is 17.7 Å². The van der Waals surface area contributed by atoms with E-state index in [-0.39, 0.29) is 0 Å². The molecule has 0 spiro atoms. The van der Waals surface area contributed by atoms with Crippen molar-refractivity contribution in [2.24, 2.45) is 0 Å². The van der Waals surface area contributed by atoms with Gasteiger partial charge in [-0.1, -0.05) is 6.07 Å². The van der Waals surface area contributed by atoms with Gasteiger partial charge in [-0.15, -0.1) is 0 Å². The Kier molecular flexibility index (Phi) is 3.37. The molecule has 2 aromatic rings. The van der Waals surface area contributed by atoms with Crippen LogP contribution >= 0.6 is 0 Å². The van der Waals surface area contributed by atoms with E-state index in [2.05, 4.69) is 26.3 Å². The van der Waals surface area contributed by atoms with Crippen LogP contribution in [0.15, 0.2) is 30.9 Å². The van der Waals surface area contributed by atoms with Crippen LogP contribution < -0.4 is 5.32 Å². The van der Waals surface area contributed by atoms with Crippen LogP contribution in [0.2, 0.25) is 0 Å². The molecular formula is C14H18N4. The summed E-state index contributed by atoms with van der Waals surface area (Å²) in [5, 5.41) is 3.60. The SMILES string of the molecule is c1cnc2c(c1)CCCC2NCCc1c[nH]cn1. The number of fused-ring (bicyclic) bond motifs is 1. The molecule has 0 radical (unpaired) electrons. The van der Waals surface area contributed by atoms with E-state index in [1.165, 1.54) is 30.5 Å². The number of hydrogen-bond acceptors (Lipinski definition) is 3. The Morgan fingerprint density at radius 1 is 1.39 bits per heavy atom. The number of aryl methyl sites for hydroxylation is 1. The highest BCUT2D eigenvalue weighted by molar-refractivity contribution is 5.25. The lowest BCUT2D eigenvalue weighted by molar-refractivity contribution is 0.451. The zero-order chi connectivity index (χ0) is 12.2. The first kappa shape index (κ1) is 11.4. The zero-order valence-electron chi connectivity index (χ0n) is 10.4. The highest BCUT2D eigenvalue weighted by Crippen LogP contribution is 2.27. The van der Waals surface area contributed by atoms with Crippen molar-refractivity contribution >= 4 is 0 Å². The maximum atomic E-state index is 4.53. The van der Waals surface area contributed by atoms with E-state index in [9.17, 15) is 0 Å². The molecule has 0 saturated heterocycles. The Balaban J connectivity index is 1.60. The average Bonchev–Trinajstić information content (AvgIpc) is 2.92. The standard InChI is InChI=1S/C14H18N4/c1-3-11-4-2-7-17-14(11)13(5-1)16-8-6-12-9-15-10-18-12/h2,4,7,9-10,13,16H,1,3,5-6,8H2,(H,15,18). The number of hydrogen-bond donors (Lipinski definition) is 2. The monoisotopic (exact) mass is 242 g/mol. The molecule has 1 atom stereocenters. The molecule has 2 aromatic heterocycles. The summed E-state index contributed by atoms with van der Waals surface area (Å²) in [4.78, 5) is 11.7. The minimum Gasteiger partial charge on any atom is -0.351 e. The summed E-state index contributed by atoms with van der Waals surface area (Å²) in [7, 11) is 0. The second kappa shape index (κ2) is 5.31. The Morgan fingerprint density at radius 3 is 3.28 bits per heavy atom. The van der Waals surface area contributed by atoms with Gasteiger partial charge in [0.15, 0.2) is 0 Å². The molecule has 94 valence electrons.